The van der Waals surface area contributed by atoms with Gasteiger partial charge in [-0.15, -0.1) is 0 Å². The maximum absolute atomic E-state index is 6.05. The van der Waals surface area contributed by atoms with Gasteiger partial charge in [-0.3, -0.25) is 0 Å². The van der Waals surface area contributed by atoms with Crippen LogP contribution >= 0.6 is 0 Å². The molecule has 0 unspecified atom stereocenters. The zero-order chi connectivity index (χ0) is 23.4. The zero-order valence-electron chi connectivity index (χ0n) is 18.9. The fourth-order valence-electron chi connectivity index (χ4n) is 3.24. The van der Waals surface area contributed by atoms with E-state index in [2.05, 4.69) is 15.1 Å². The van der Waals surface area contributed by atoms with Crippen LogP contribution in [0.4, 0.5) is 5.95 Å². The van der Waals surface area contributed by atoms with Gasteiger partial charge in [0.05, 0.1) is 37.9 Å². The highest BCUT2D eigenvalue weighted by molar-refractivity contribution is 5.83. The number of imidazole rings is 1. The van der Waals surface area contributed by atoms with Crippen molar-refractivity contribution in [1.82, 2.24) is 14.6 Å². The molecule has 0 radical (unpaired) electrons. The standard InChI is InChI=1S/C24H25N5O4/c1-15-13-29(24(25)27-15)26-12-17-7-5-6-8-21(17)32-14-20-16(2)33-23(28-20)19-11-18(30-3)9-10-22(19)31-4/h5-13H,14H2,1-4H3,(H2,25,27). The number of aryl methyl sites for hydroxylation is 2. The van der Waals surface area contributed by atoms with E-state index < -0.39 is 0 Å². The Morgan fingerprint density at radius 1 is 1.06 bits per heavy atom. The minimum atomic E-state index is 0.221. The van der Waals surface area contributed by atoms with Crippen molar-refractivity contribution in [1.29, 1.82) is 0 Å². The number of rotatable bonds is 8. The number of ether oxygens (including phenoxy) is 3. The first-order chi connectivity index (χ1) is 16.0. The highest BCUT2D eigenvalue weighted by Gasteiger charge is 2.17. The van der Waals surface area contributed by atoms with Gasteiger partial charge in [0.25, 0.3) is 0 Å². The minimum absolute atomic E-state index is 0.221. The highest BCUT2D eigenvalue weighted by Crippen LogP contribution is 2.34. The van der Waals surface area contributed by atoms with Crippen LogP contribution in [0.1, 0.15) is 22.7 Å². The minimum Gasteiger partial charge on any atom is -0.497 e. The summed E-state index contributed by atoms with van der Waals surface area (Å²) in [6.45, 7) is 3.92. The lowest BCUT2D eigenvalue weighted by atomic mass is 10.2. The van der Waals surface area contributed by atoms with E-state index in [1.807, 2.05) is 56.3 Å². The number of hydrogen-bond acceptors (Lipinski definition) is 8. The number of nitrogens with two attached hydrogens (primary N) is 1. The lowest BCUT2D eigenvalue weighted by Gasteiger charge is -2.08. The van der Waals surface area contributed by atoms with Gasteiger partial charge in [-0.05, 0) is 44.2 Å². The van der Waals surface area contributed by atoms with E-state index in [9.17, 15) is 0 Å². The quantitative estimate of drug-likeness (QED) is 0.403. The predicted molar refractivity (Wildman–Crippen MR) is 125 cm³/mol. The Labute approximate surface area is 191 Å². The normalized spacial score (nSPS) is 11.2. The Balaban J connectivity index is 1.54. The monoisotopic (exact) mass is 447 g/mol. The van der Waals surface area contributed by atoms with E-state index in [1.54, 1.807) is 26.6 Å². The molecule has 0 fully saturated rings. The summed E-state index contributed by atoms with van der Waals surface area (Å²) in [4.78, 5) is 8.77. The van der Waals surface area contributed by atoms with Crippen molar-refractivity contribution >= 4 is 12.2 Å². The van der Waals surface area contributed by atoms with Crippen LogP contribution in [0.15, 0.2) is 58.2 Å². The lowest BCUT2D eigenvalue weighted by Crippen LogP contribution is -2.01. The van der Waals surface area contributed by atoms with Crippen molar-refractivity contribution in [2.45, 2.75) is 20.5 Å². The van der Waals surface area contributed by atoms with Crippen LogP contribution in [-0.4, -0.2) is 35.1 Å². The number of oxazole rings is 1. The molecule has 0 aliphatic carbocycles. The molecule has 0 amide bonds. The molecule has 0 bridgehead atoms. The van der Waals surface area contributed by atoms with Gasteiger partial charge in [0.2, 0.25) is 11.8 Å². The first-order valence-corrected chi connectivity index (χ1v) is 10.2. The molecule has 4 rings (SSSR count). The number of nitrogens with zero attached hydrogens (tertiary/aromatic N) is 4. The van der Waals surface area contributed by atoms with Crippen LogP contribution in [0.2, 0.25) is 0 Å². The van der Waals surface area contributed by atoms with Crippen LogP contribution < -0.4 is 19.9 Å². The van der Waals surface area contributed by atoms with Crippen LogP contribution in [0.25, 0.3) is 11.5 Å². The van der Waals surface area contributed by atoms with Crippen molar-refractivity contribution in [3.63, 3.8) is 0 Å². The second-order valence-corrected chi connectivity index (χ2v) is 7.24. The summed E-state index contributed by atoms with van der Waals surface area (Å²) in [5, 5.41) is 4.37. The maximum atomic E-state index is 6.05. The number of hydrogen-bond donors (Lipinski definition) is 1. The molecule has 170 valence electrons. The van der Waals surface area contributed by atoms with Crippen molar-refractivity contribution < 1.29 is 18.6 Å². The molecular weight excluding hydrogens is 422 g/mol. The van der Waals surface area contributed by atoms with E-state index in [0.717, 1.165) is 11.3 Å². The van der Waals surface area contributed by atoms with Crippen LogP contribution in [0.5, 0.6) is 17.2 Å². The molecule has 9 nitrogen and oxygen atoms in total. The third kappa shape index (κ3) is 4.82. The van der Waals surface area contributed by atoms with Gasteiger partial charge in [0.15, 0.2) is 0 Å². The first-order valence-electron chi connectivity index (χ1n) is 10.2. The van der Waals surface area contributed by atoms with Gasteiger partial charge >= 0.3 is 0 Å². The third-order valence-corrected chi connectivity index (χ3v) is 4.97. The number of para-hydroxylation sites is 1. The molecular formula is C24H25N5O4. The summed E-state index contributed by atoms with van der Waals surface area (Å²) < 4.78 is 24.2. The van der Waals surface area contributed by atoms with E-state index in [1.165, 1.54) is 4.68 Å². The predicted octanol–water partition coefficient (Wildman–Crippen LogP) is 4.22. The number of aromatic nitrogens is 3. The van der Waals surface area contributed by atoms with Crippen molar-refractivity contribution in [3.05, 3.63) is 71.4 Å². The van der Waals surface area contributed by atoms with Crippen LogP contribution in [0.3, 0.4) is 0 Å². The fourth-order valence-corrected chi connectivity index (χ4v) is 3.24. The van der Waals surface area contributed by atoms with Gasteiger partial charge < -0.3 is 24.4 Å². The highest BCUT2D eigenvalue weighted by atomic mass is 16.5. The second kappa shape index (κ2) is 9.47. The largest absolute Gasteiger partial charge is 0.497 e. The third-order valence-electron chi connectivity index (χ3n) is 4.97. The summed E-state index contributed by atoms with van der Waals surface area (Å²) in [5.41, 5.74) is 8.81. The first kappa shape index (κ1) is 21.9. The molecule has 2 N–H and O–H groups in total. The zero-order valence-corrected chi connectivity index (χ0v) is 18.9. The van der Waals surface area contributed by atoms with Gasteiger partial charge in [0.1, 0.15) is 35.3 Å². The molecule has 4 aromatic rings. The van der Waals surface area contributed by atoms with E-state index in [-0.39, 0.29) is 6.61 Å². The molecule has 0 atom stereocenters. The number of nitrogen functional groups attached to an aromatic ring is 1. The topological polar surface area (TPSA) is 110 Å². The van der Waals surface area contributed by atoms with Gasteiger partial charge in [-0.1, -0.05) is 12.1 Å². The summed E-state index contributed by atoms with van der Waals surface area (Å²) in [6, 6.07) is 13.0. The SMILES string of the molecule is COc1ccc(OC)c(-c2nc(COc3ccccc3C=Nn3cc(C)nc3N)c(C)o2)c1. The summed E-state index contributed by atoms with van der Waals surface area (Å²) in [6.07, 6.45) is 3.43. The summed E-state index contributed by atoms with van der Waals surface area (Å²) in [5.74, 6) is 3.38. The van der Waals surface area contributed by atoms with Crippen LogP contribution in [0, 0.1) is 13.8 Å². The van der Waals surface area contributed by atoms with Crippen molar-refractivity contribution in [2.75, 3.05) is 20.0 Å². The summed E-state index contributed by atoms with van der Waals surface area (Å²) in [7, 11) is 3.21. The lowest BCUT2D eigenvalue weighted by molar-refractivity contribution is 0.299. The smallest absolute Gasteiger partial charge is 0.230 e. The molecule has 0 aliphatic heterocycles. The average Bonchev–Trinajstić information content (AvgIpc) is 3.36. The van der Waals surface area contributed by atoms with E-state index in [0.29, 0.717) is 46.1 Å². The molecule has 33 heavy (non-hydrogen) atoms. The number of benzene rings is 2. The van der Waals surface area contributed by atoms with E-state index >= 15 is 0 Å². The molecule has 0 saturated heterocycles. The van der Waals surface area contributed by atoms with Gasteiger partial charge in [0, 0.05) is 5.56 Å². The average molecular weight is 447 g/mol. The Bertz CT molecular complexity index is 1290. The Morgan fingerprint density at radius 3 is 2.61 bits per heavy atom. The van der Waals surface area contributed by atoms with Gasteiger partial charge in [-0.25, -0.2) is 14.6 Å². The molecule has 2 aromatic carbocycles. The van der Waals surface area contributed by atoms with Gasteiger partial charge in [-0.2, -0.15) is 5.10 Å². The molecule has 0 spiro atoms. The van der Waals surface area contributed by atoms with Crippen LogP contribution in [-0.2, 0) is 6.61 Å². The Kier molecular flexibility index (Phi) is 6.30. The Morgan fingerprint density at radius 2 is 1.88 bits per heavy atom. The molecule has 2 heterocycles. The fraction of sp³-hybridized carbons (Fsp3) is 0.208. The molecule has 0 saturated carbocycles. The number of methoxy groups -OCH3 is 2. The molecule has 2 aromatic heterocycles. The van der Waals surface area contributed by atoms with Crippen molar-refractivity contribution in [3.8, 4) is 28.7 Å². The maximum Gasteiger partial charge on any atom is 0.230 e. The number of anilines is 1. The van der Waals surface area contributed by atoms with E-state index in [4.69, 9.17) is 24.4 Å². The second-order valence-electron chi connectivity index (χ2n) is 7.24. The molecule has 0 aliphatic rings. The van der Waals surface area contributed by atoms with Crippen molar-refractivity contribution in [2.24, 2.45) is 5.10 Å². The summed E-state index contributed by atoms with van der Waals surface area (Å²) >= 11 is 0. The molecule has 9 heteroatoms. The Hall–Kier alpha value is -4.27.